The SMILES string of the molecule is [2H]C(c1ccc2c(c1)CN(C1CCC(=O)NC1=O)C2=O)N([2H])C(=O)C(F)(F)c1ccc(Cl)cc1. The number of nitrogens with one attached hydrogen (secondary N) is 2. The highest BCUT2D eigenvalue weighted by molar-refractivity contribution is 6.30. The Bertz CT molecular complexity index is 1200. The fourth-order valence-corrected chi connectivity index (χ4v) is 3.80. The van der Waals surface area contributed by atoms with Crippen molar-refractivity contribution in [3.63, 3.8) is 0 Å². The molecule has 2 heterocycles. The first-order valence-electron chi connectivity index (χ1n) is 10.7. The lowest BCUT2D eigenvalue weighted by Crippen LogP contribution is -2.52. The maximum absolute atomic E-state index is 14.6. The molecule has 2 aromatic rings. The summed E-state index contributed by atoms with van der Waals surface area (Å²) >= 11 is 5.69. The Balaban J connectivity index is 1.52. The maximum Gasteiger partial charge on any atom is 0.349 e. The van der Waals surface area contributed by atoms with Crippen molar-refractivity contribution < 1.29 is 30.7 Å². The monoisotopic (exact) mass is 463 g/mol. The van der Waals surface area contributed by atoms with Crippen LogP contribution >= 0.6 is 11.6 Å². The molecular weight excluding hydrogens is 444 g/mol. The molecule has 1 saturated heterocycles. The van der Waals surface area contributed by atoms with Gasteiger partial charge in [0, 0.05) is 35.6 Å². The van der Waals surface area contributed by atoms with Crippen molar-refractivity contribution in [2.24, 2.45) is 0 Å². The first kappa shape index (κ1) is 19.4. The number of carbonyl (C=O) groups is 4. The number of piperidine rings is 1. The van der Waals surface area contributed by atoms with E-state index in [0.717, 1.165) is 12.1 Å². The zero-order valence-corrected chi connectivity index (χ0v) is 17.2. The average Bonchev–Trinajstić information content (AvgIpc) is 3.13. The number of halogens is 3. The van der Waals surface area contributed by atoms with Gasteiger partial charge in [0.25, 0.3) is 11.8 Å². The minimum atomic E-state index is -4.05. The number of alkyl halides is 2. The third-order valence-corrected chi connectivity index (χ3v) is 5.61. The van der Waals surface area contributed by atoms with Crippen molar-refractivity contribution in [2.75, 3.05) is 0 Å². The van der Waals surface area contributed by atoms with Crippen LogP contribution in [0.3, 0.4) is 0 Å². The molecule has 2 N–H and O–H groups in total. The third kappa shape index (κ3) is 4.08. The molecule has 0 aromatic heterocycles. The molecule has 0 aliphatic carbocycles. The van der Waals surface area contributed by atoms with Crippen LogP contribution in [0.15, 0.2) is 42.5 Å². The normalized spacial score (nSPS) is 20.3. The van der Waals surface area contributed by atoms with Crippen LogP contribution in [0.4, 0.5) is 8.78 Å². The second kappa shape index (κ2) is 8.31. The highest BCUT2D eigenvalue weighted by Crippen LogP contribution is 2.30. The van der Waals surface area contributed by atoms with Crippen LogP contribution in [0.25, 0.3) is 0 Å². The predicted molar refractivity (Wildman–Crippen MR) is 110 cm³/mol. The van der Waals surface area contributed by atoms with Gasteiger partial charge in [-0.3, -0.25) is 24.5 Å². The lowest BCUT2D eigenvalue weighted by atomic mass is 10.0. The number of benzene rings is 2. The minimum absolute atomic E-state index is 0.00782. The second-order valence-corrected chi connectivity index (χ2v) is 7.90. The summed E-state index contributed by atoms with van der Waals surface area (Å²) in [6.07, 6.45) is 0.265. The number of carbonyl (C=O) groups excluding carboxylic acids is 4. The minimum Gasteiger partial charge on any atom is -0.346 e. The first-order valence-corrected chi connectivity index (χ1v) is 10.0. The largest absolute Gasteiger partial charge is 0.349 e. The lowest BCUT2D eigenvalue weighted by molar-refractivity contribution is -0.147. The molecule has 4 rings (SSSR count). The van der Waals surface area contributed by atoms with Crippen molar-refractivity contribution >= 4 is 35.2 Å². The highest BCUT2D eigenvalue weighted by Gasteiger charge is 2.41. The molecular formula is C22H18ClF2N3O4. The molecule has 4 amide bonds. The Labute approximate surface area is 189 Å². The van der Waals surface area contributed by atoms with Crippen LogP contribution in [0.5, 0.6) is 0 Å². The van der Waals surface area contributed by atoms with Gasteiger partial charge in [-0.15, -0.1) is 0 Å². The van der Waals surface area contributed by atoms with E-state index in [1.165, 1.54) is 35.2 Å². The van der Waals surface area contributed by atoms with Gasteiger partial charge in [0.2, 0.25) is 11.8 Å². The molecule has 2 unspecified atom stereocenters. The van der Waals surface area contributed by atoms with Gasteiger partial charge in [-0.2, -0.15) is 8.78 Å². The molecule has 0 bridgehead atoms. The summed E-state index contributed by atoms with van der Waals surface area (Å²) in [7, 11) is 0. The summed E-state index contributed by atoms with van der Waals surface area (Å²) < 4.78 is 45.4. The maximum atomic E-state index is 14.6. The van der Waals surface area contributed by atoms with Gasteiger partial charge in [-0.05, 0) is 35.7 Å². The smallest absolute Gasteiger partial charge is 0.346 e. The molecule has 0 saturated carbocycles. The summed E-state index contributed by atoms with van der Waals surface area (Å²) in [6, 6.07) is 7.54. The van der Waals surface area contributed by atoms with Gasteiger partial charge in [0.1, 0.15) is 6.04 Å². The Morgan fingerprint density at radius 2 is 1.97 bits per heavy atom. The molecule has 32 heavy (non-hydrogen) atoms. The standard InChI is InChI=1S/C22H18ClF2N3O4/c23-15-4-2-14(3-5-15)22(24,25)21(32)26-10-12-1-6-16-13(9-12)11-28(20(16)31)17-7-8-18(29)27-19(17)30/h1-6,9,17H,7-8,10-11H2,(H,26,32)(H,27,29,30)/i10D/hD. The van der Waals surface area contributed by atoms with E-state index in [2.05, 4.69) is 5.32 Å². The van der Waals surface area contributed by atoms with Gasteiger partial charge in [-0.1, -0.05) is 35.9 Å². The van der Waals surface area contributed by atoms with E-state index >= 15 is 0 Å². The zero-order chi connectivity index (χ0) is 24.8. The quantitative estimate of drug-likeness (QED) is 0.666. The van der Waals surface area contributed by atoms with Crippen LogP contribution < -0.4 is 10.6 Å². The van der Waals surface area contributed by atoms with Crippen LogP contribution in [0, 0.1) is 0 Å². The number of hydrogen-bond acceptors (Lipinski definition) is 4. The Kier molecular flexibility index (Phi) is 5.03. The average molecular weight is 464 g/mol. The lowest BCUT2D eigenvalue weighted by Gasteiger charge is -2.29. The number of fused-ring (bicyclic) bond motifs is 1. The van der Waals surface area contributed by atoms with E-state index in [1.54, 1.807) is 0 Å². The van der Waals surface area contributed by atoms with Crippen LogP contribution in [0.1, 0.15) is 41.3 Å². The molecule has 2 aliphatic heterocycles. The third-order valence-electron chi connectivity index (χ3n) is 5.35. The molecule has 1 fully saturated rings. The Morgan fingerprint density at radius 1 is 1.25 bits per heavy atom. The highest BCUT2D eigenvalue weighted by atomic mass is 35.5. The van der Waals surface area contributed by atoms with E-state index in [4.69, 9.17) is 14.4 Å². The summed E-state index contributed by atoms with van der Waals surface area (Å²) in [6.45, 7) is -1.79. The van der Waals surface area contributed by atoms with Crippen molar-refractivity contribution in [2.45, 2.75) is 37.9 Å². The molecule has 166 valence electrons. The molecule has 2 aliphatic rings. The van der Waals surface area contributed by atoms with E-state index in [9.17, 15) is 28.0 Å². The molecule has 2 aromatic carbocycles. The van der Waals surface area contributed by atoms with E-state index < -0.39 is 47.7 Å². The van der Waals surface area contributed by atoms with Crippen molar-refractivity contribution in [3.05, 3.63) is 69.7 Å². The predicted octanol–water partition coefficient (Wildman–Crippen LogP) is 2.51. The van der Waals surface area contributed by atoms with Crippen molar-refractivity contribution in [3.8, 4) is 0 Å². The fourth-order valence-electron chi connectivity index (χ4n) is 3.67. The zero-order valence-electron chi connectivity index (χ0n) is 18.5. The van der Waals surface area contributed by atoms with E-state index in [0.29, 0.717) is 5.56 Å². The molecule has 0 spiro atoms. The summed E-state index contributed by atoms with van der Waals surface area (Å²) in [5.74, 6) is -7.38. The number of rotatable bonds is 5. The summed E-state index contributed by atoms with van der Waals surface area (Å²) in [5, 5.41) is 2.27. The van der Waals surface area contributed by atoms with Crippen LogP contribution in [-0.4, -0.2) is 34.6 Å². The number of amides is 4. The fraction of sp³-hybridized carbons (Fsp3) is 0.273. The van der Waals surface area contributed by atoms with Gasteiger partial charge in [0.05, 0.1) is 1.37 Å². The molecule has 10 heteroatoms. The van der Waals surface area contributed by atoms with Crippen LogP contribution in [0.2, 0.25) is 6.43 Å². The number of imide groups is 1. The van der Waals surface area contributed by atoms with Gasteiger partial charge in [0.15, 0.2) is 1.41 Å². The second-order valence-electron chi connectivity index (χ2n) is 7.46. The topological polar surface area (TPSA) is 95.6 Å². The van der Waals surface area contributed by atoms with Crippen molar-refractivity contribution in [1.82, 2.24) is 15.5 Å². The van der Waals surface area contributed by atoms with Gasteiger partial charge >= 0.3 is 5.92 Å². The van der Waals surface area contributed by atoms with E-state index in [-0.39, 0.29) is 40.8 Å². The molecule has 7 nitrogen and oxygen atoms in total. The van der Waals surface area contributed by atoms with Gasteiger partial charge in [-0.25, -0.2) is 0 Å². The first-order chi connectivity index (χ1) is 16.0. The summed E-state index contributed by atoms with van der Waals surface area (Å²) in [5.41, 5.74) is 0.0717. The Hall–Kier alpha value is -3.33. The van der Waals surface area contributed by atoms with Gasteiger partial charge < -0.3 is 10.2 Å². The number of nitrogens with zero attached hydrogens (tertiary/aromatic N) is 1. The van der Waals surface area contributed by atoms with Crippen LogP contribution in [-0.2, 0) is 33.4 Å². The number of hydrogen-bond donors (Lipinski definition) is 2. The van der Waals surface area contributed by atoms with Crippen molar-refractivity contribution in [1.29, 1.82) is 0 Å². The Morgan fingerprint density at radius 3 is 2.66 bits per heavy atom. The summed E-state index contributed by atoms with van der Waals surface area (Å²) in [4.78, 5) is 50.0. The molecule has 0 radical (unpaired) electrons. The van der Waals surface area contributed by atoms with E-state index in [1.807, 2.05) is 0 Å². The molecule has 2 atom stereocenters.